The predicted molar refractivity (Wildman–Crippen MR) is 95.3 cm³/mol. The van der Waals surface area contributed by atoms with Crippen LogP contribution in [0.4, 0.5) is 5.82 Å². The van der Waals surface area contributed by atoms with Gasteiger partial charge in [-0.15, -0.1) is 0 Å². The van der Waals surface area contributed by atoms with Gasteiger partial charge in [0.1, 0.15) is 5.82 Å². The van der Waals surface area contributed by atoms with E-state index in [0.717, 1.165) is 22.4 Å². The lowest BCUT2D eigenvalue weighted by atomic mass is 10.1. The van der Waals surface area contributed by atoms with E-state index in [-0.39, 0.29) is 6.04 Å². The molecular formula is C16H32BrN3. The van der Waals surface area contributed by atoms with Crippen LogP contribution in [0.25, 0.3) is 0 Å². The van der Waals surface area contributed by atoms with Crippen molar-refractivity contribution in [2.75, 3.05) is 11.9 Å². The van der Waals surface area contributed by atoms with Crippen LogP contribution in [-0.4, -0.2) is 11.5 Å². The zero-order valence-electron chi connectivity index (χ0n) is 14.0. The summed E-state index contributed by atoms with van der Waals surface area (Å²) in [5.74, 6) is 0.911. The Morgan fingerprint density at radius 1 is 1.25 bits per heavy atom. The van der Waals surface area contributed by atoms with Crippen LogP contribution in [0.5, 0.6) is 0 Å². The Labute approximate surface area is 133 Å². The number of aromatic nitrogens is 1. The maximum atomic E-state index is 5.91. The van der Waals surface area contributed by atoms with Crippen LogP contribution in [-0.2, 0) is 0 Å². The second-order valence-corrected chi connectivity index (χ2v) is 4.93. The fraction of sp³-hybridized carbons (Fsp3) is 0.688. The van der Waals surface area contributed by atoms with Gasteiger partial charge in [0.25, 0.3) is 0 Å². The second kappa shape index (κ2) is 14.8. The first-order chi connectivity index (χ1) is 9.65. The van der Waals surface area contributed by atoms with Gasteiger partial charge in [-0.2, -0.15) is 0 Å². The predicted octanol–water partition coefficient (Wildman–Crippen LogP) is 5.52. The van der Waals surface area contributed by atoms with Crippen molar-refractivity contribution in [1.82, 2.24) is 4.98 Å². The number of rotatable bonds is 6. The van der Waals surface area contributed by atoms with Crippen molar-refractivity contribution in [2.45, 2.75) is 66.8 Å². The summed E-state index contributed by atoms with van der Waals surface area (Å²) in [4.78, 5) is 4.36. The molecule has 0 aliphatic rings. The molecule has 0 amide bonds. The fourth-order valence-corrected chi connectivity index (χ4v) is 1.88. The number of unbranched alkanes of at least 4 members (excludes halogenated alkanes) is 2. The third-order valence-corrected chi connectivity index (χ3v) is 2.88. The minimum absolute atomic E-state index is 0.00123. The molecule has 1 unspecified atom stereocenters. The van der Waals surface area contributed by atoms with E-state index < -0.39 is 0 Å². The molecule has 0 bridgehead atoms. The molecule has 0 fully saturated rings. The summed E-state index contributed by atoms with van der Waals surface area (Å²) in [6, 6.07) is 2.03. The van der Waals surface area contributed by atoms with E-state index >= 15 is 0 Å². The fourth-order valence-electron chi connectivity index (χ4n) is 1.53. The molecule has 0 aromatic carbocycles. The average molecular weight is 346 g/mol. The first kappa shape index (κ1) is 21.7. The van der Waals surface area contributed by atoms with Crippen molar-refractivity contribution in [2.24, 2.45) is 5.73 Å². The van der Waals surface area contributed by atoms with Gasteiger partial charge in [-0.3, -0.25) is 0 Å². The highest BCUT2D eigenvalue weighted by Gasteiger charge is 2.08. The van der Waals surface area contributed by atoms with Gasteiger partial charge < -0.3 is 11.1 Å². The molecule has 0 saturated heterocycles. The molecule has 0 aliphatic heterocycles. The molecule has 0 radical (unpaired) electrons. The van der Waals surface area contributed by atoms with E-state index in [1.165, 1.54) is 19.3 Å². The van der Waals surface area contributed by atoms with Crippen LogP contribution in [0, 0.1) is 0 Å². The standard InChI is InChI=1S/C12H20BrN3.2C2H6/c1-3-4-5-6-15-12-11(9(2)14)7-10(13)8-16-12;2*1-2/h7-9H,3-6,14H2,1-2H3,(H,15,16);2*1-2H3. The number of nitrogens with one attached hydrogen (secondary N) is 1. The Kier molecular flexibility index (Phi) is 16.0. The van der Waals surface area contributed by atoms with Crippen LogP contribution in [0.2, 0.25) is 0 Å². The quantitative estimate of drug-likeness (QED) is 0.667. The lowest BCUT2D eigenvalue weighted by Gasteiger charge is -2.13. The highest BCUT2D eigenvalue weighted by Crippen LogP contribution is 2.22. The molecule has 3 nitrogen and oxygen atoms in total. The third-order valence-electron chi connectivity index (χ3n) is 2.45. The van der Waals surface area contributed by atoms with Gasteiger partial charge in [0.15, 0.2) is 0 Å². The van der Waals surface area contributed by atoms with E-state index in [1.807, 2.05) is 40.7 Å². The van der Waals surface area contributed by atoms with Crippen molar-refractivity contribution in [1.29, 1.82) is 0 Å². The highest BCUT2D eigenvalue weighted by atomic mass is 79.9. The molecule has 118 valence electrons. The Morgan fingerprint density at radius 2 is 1.85 bits per heavy atom. The zero-order chi connectivity index (χ0) is 16.0. The number of hydrogen-bond acceptors (Lipinski definition) is 3. The van der Waals surface area contributed by atoms with Crippen molar-refractivity contribution in [3.05, 3.63) is 22.3 Å². The molecule has 1 aromatic heterocycles. The Morgan fingerprint density at radius 3 is 2.35 bits per heavy atom. The molecule has 0 aliphatic carbocycles. The van der Waals surface area contributed by atoms with Crippen LogP contribution in [0.1, 0.15) is 72.4 Å². The lowest BCUT2D eigenvalue weighted by molar-refractivity contribution is 0.738. The van der Waals surface area contributed by atoms with Crippen LogP contribution in [0.3, 0.4) is 0 Å². The normalized spacial score (nSPS) is 10.6. The molecule has 4 heteroatoms. The smallest absolute Gasteiger partial charge is 0.130 e. The van der Waals surface area contributed by atoms with Crippen molar-refractivity contribution in [3.63, 3.8) is 0 Å². The third kappa shape index (κ3) is 9.32. The van der Waals surface area contributed by atoms with Gasteiger partial charge in [-0.25, -0.2) is 4.98 Å². The van der Waals surface area contributed by atoms with Gasteiger partial charge in [0, 0.05) is 28.8 Å². The zero-order valence-corrected chi connectivity index (χ0v) is 15.5. The van der Waals surface area contributed by atoms with Gasteiger partial charge >= 0.3 is 0 Å². The number of pyridine rings is 1. The molecule has 20 heavy (non-hydrogen) atoms. The van der Waals surface area contributed by atoms with Crippen LogP contribution >= 0.6 is 15.9 Å². The number of halogens is 1. The number of anilines is 1. The number of nitrogens with zero attached hydrogens (tertiary/aromatic N) is 1. The highest BCUT2D eigenvalue weighted by molar-refractivity contribution is 9.10. The topological polar surface area (TPSA) is 50.9 Å². The molecule has 1 heterocycles. The Hall–Kier alpha value is -0.610. The van der Waals surface area contributed by atoms with Gasteiger partial charge in [-0.05, 0) is 35.3 Å². The largest absolute Gasteiger partial charge is 0.370 e. The molecule has 1 atom stereocenters. The molecule has 0 saturated carbocycles. The van der Waals surface area contributed by atoms with Crippen LogP contribution < -0.4 is 11.1 Å². The van der Waals surface area contributed by atoms with Gasteiger partial charge in [-0.1, -0.05) is 47.5 Å². The summed E-state index contributed by atoms with van der Waals surface area (Å²) in [6.07, 6.45) is 5.45. The molecule has 1 rings (SSSR count). The van der Waals surface area contributed by atoms with E-state index in [9.17, 15) is 0 Å². The SMILES string of the molecule is CC.CC.CCCCCNc1ncc(Br)cc1C(C)N. The summed E-state index contributed by atoms with van der Waals surface area (Å²) in [6.45, 7) is 13.1. The molecule has 0 spiro atoms. The molecule has 1 aromatic rings. The van der Waals surface area contributed by atoms with Crippen LogP contribution in [0.15, 0.2) is 16.7 Å². The monoisotopic (exact) mass is 345 g/mol. The first-order valence-electron chi connectivity index (χ1n) is 7.80. The van der Waals surface area contributed by atoms with Crippen molar-refractivity contribution >= 4 is 21.7 Å². The van der Waals surface area contributed by atoms with E-state index in [0.29, 0.717) is 0 Å². The van der Waals surface area contributed by atoms with E-state index in [1.54, 1.807) is 6.20 Å². The van der Waals surface area contributed by atoms with Gasteiger partial charge in [0.05, 0.1) is 0 Å². The van der Waals surface area contributed by atoms with E-state index in [4.69, 9.17) is 5.73 Å². The summed E-state index contributed by atoms with van der Waals surface area (Å²) in [5, 5.41) is 3.34. The van der Waals surface area contributed by atoms with Crippen molar-refractivity contribution in [3.8, 4) is 0 Å². The summed E-state index contributed by atoms with van der Waals surface area (Å²) >= 11 is 3.41. The number of nitrogens with two attached hydrogens (primary N) is 1. The summed E-state index contributed by atoms with van der Waals surface area (Å²) in [5.41, 5.74) is 6.97. The first-order valence-corrected chi connectivity index (χ1v) is 8.59. The minimum atomic E-state index is -0.00123. The maximum absolute atomic E-state index is 5.91. The number of hydrogen-bond donors (Lipinski definition) is 2. The Bertz CT molecular complexity index is 327. The molecular weight excluding hydrogens is 314 g/mol. The summed E-state index contributed by atoms with van der Waals surface area (Å²) in [7, 11) is 0. The second-order valence-electron chi connectivity index (χ2n) is 4.01. The van der Waals surface area contributed by atoms with Gasteiger partial charge in [0.2, 0.25) is 0 Å². The van der Waals surface area contributed by atoms with E-state index in [2.05, 4.69) is 33.2 Å². The Balaban J connectivity index is 0. The minimum Gasteiger partial charge on any atom is -0.370 e. The summed E-state index contributed by atoms with van der Waals surface area (Å²) < 4.78 is 0.971. The molecule has 3 N–H and O–H groups in total. The lowest BCUT2D eigenvalue weighted by Crippen LogP contribution is -2.12. The van der Waals surface area contributed by atoms with Crippen molar-refractivity contribution < 1.29 is 0 Å². The maximum Gasteiger partial charge on any atom is 0.130 e. The average Bonchev–Trinajstić information content (AvgIpc) is 2.49.